The van der Waals surface area contributed by atoms with Crippen molar-refractivity contribution in [1.82, 2.24) is 30.3 Å². The lowest BCUT2D eigenvalue weighted by molar-refractivity contribution is 0.372. The number of aromatic nitrogens is 5. The Morgan fingerprint density at radius 1 is 1.35 bits per heavy atom. The number of anilines is 1. The van der Waals surface area contributed by atoms with Gasteiger partial charge in [-0.2, -0.15) is 4.52 Å². The maximum absolute atomic E-state index is 4.26. The van der Waals surface area contributed by atoms with Crippen molar-refractivity contribution in [3.8, 4) is 0 Å². The van der Waals surface area contributed by atoms with Crippen LogP contribution in [0.5, 0.6) is 0 Å². The molecule has 108 valence electrons. The Kier molecular flexibility index (Phi) is 4.05. The summed E-state index contributed by atoms with van der Waals surface area (Å²) in [6, 6.07) is 0. The molecule has 0 atom stereocenters. The number of rotatable bonds is 5. The molecule has 1 N–H and O–H groups in total. The number of nitrogens with zero attached hydrogens (tertiary/aromatic N) is 6. The third kappa shape index (κ3) is 2.72. The van der Waals surface area contributed by atoms with E-state index >= 15 is 0 Å². The van der Waals surface area contributed by atoms with Crippen molar-refractivity contribution >= 4 is 11.5 Å². The Morgan fingerprint density at radius 3 is 3.00 bits per heavy atom. The zero-order valence-corrected chi connectivity index (χ0v) is 11.9. The van der Waals surface area contributed by atoms with Gasteiger partial charge in [0.15, 0.2) is 11.5 Å². The van der Waals surface area contributed by atoms with E-state index in [0.717, 1.165) is 44.3 Å². The Bertz CT molecular complexity index is 546. The van der Waals surface area contributed by atoms with Gasteiger partial charge in [-0.3, -0.25) is 4.98 Å². The summed E-state index contributed by atoms with van der Waals surface area (Å²) in [6.45, 7) is 6.50. The highest BCUT2D eigenvalue weighted by Crippen LogP contribution is 2.19. The molecule has 1 aliphatic heterocycles. The molecule has 0 radical (unpaired) electrons. The summed E-state index contributed by atoms with van der Waals surface area (Å²) in [7, 11) is 0. The Hall–Kier alpha value is -1.76. The van der Waals surface area contributed by atoms with E-state index in [0.29, 0.717) is 5.65 Å². The fourth-order valence-electron chi connectivity index (χ4n) is 2.82. The van der Waals surface area contributed by atoms with E-state index < -0.39 is 0 Å². The molecule has 0 amide bonds. The fraction of sp³-hybridized carbons (Fsp3) is 0.692. The Morgan fingerprint density at radius 2 is 2.20 bits per heavy atom. The summed E-state index contributed by atoms with van der Waals surface area (Å²) in [5.74, 6) is 1.72. The molecule has 0 unspecified atom stereocenters. The number of tetrazole rings is 1. The molecule has 1 saturated heterocycles. The van der Waals surface area contributed by atoms with Crippen LogP contribution in [0.1, 0.15) is 26.2 Å². The summed E-state index contributed by atoms with van der Waals surface area (Å²) in [5.41, 5.74) is 0.703. The third-order valence-electron chi connectivity index (χ3n) is 3.85. The zero-order valence-electron chi connectivity index (χ0n) is 11.9. The first-order chi connectivity index (χ1) is 9.88. The van der Waals surface area contributed by atoms with Gasteiger partial charge in [-0.1, -0.05) is 6.92 Å². The van der Waals surface area contributed by atoms with Crippen LogP contribution >= 0.6 is 0 Å². The smallest absolute Gasteiger partial charge is 0.199 e. The van der Waals surface area contributed by atoms with Gasteiger partial charge in [0, 0.05) is 13.1 Å². The molecule has 1 fully saturated rings. The second-order valence-corrected chi connectivity index (χ2v) is 5.35. The van der Waals surface area contributed by atoms with E-state index in [4.69, 9.17) is 0 Å². The Balaban J connectivity index is 1.83. The van der Waals surface area contributed by atoms with Crippen molar-refractivity contribution in [1.29, 1.82) is 0 Å². The molecule has 0 spiro atoms. The zero-order chi connectivity index (χ0) is 13.8. The molecule has 0 saturated carbocycles. The summed E-state index contributed by atoms with van der Waals surface area (Å²) >= 11 is 0. The first-order valence-corrected chi connectivity index (χ1v) is 7.36. The quantitative estimate of drug-likeness (QED) is 0.867. The predicted octanol–water partition coefficient (Wildman–Crippen LogP) is 0.735. The van der Waals surface area contributed by atoms with E-state index in [1.807, 2.05) is 6.20 Å². The molecular weight excluding hydrogens is 254 g/mol. The van der Waals surface area contributed by atoms with Crippen LogP contribution in [0.15, 0.2) is 12.4 Å². The predicted molar refractivity (Wildman–Crippen MR) is 76.7 cm³/mol. The standard InChI is InChI=1S/C13H21N7/c1-2-7-19(10-11-3-5-14-6-4-11)13-9-15-8-12-16-17-18-20(12)13/h8-9,11,14H,2-7,10H2,1H3. The molecule has 0 bridgehead atoms. The van der Waals surface area contributed by atoms with Crippen LogP contribution in [0.4, 0.5) is 5.82 Å². The Labute approximate surface area is 118 Å². The third-order valence-corrected chi connectivity index (χ3v) is 3.85. The normalized spacial score (nSPS) is 16.6. The van der Waals surface area contributed by atoms with Gasteiger partial charge < -0.3 is 10.2 Å². The van der Waals surface area contributed by atoms with E-state index in [2.05, 4.69) is 37.6 Å². The summed E-state index contributed by atoms with van der Waals surface area (Å²) in [6.07, 6.45) is 7.13. The number of nitrogens with one attached hydrogen (secondary N) is 1. The molecule has 3 heterocycles. The molecule has 20 heavy (non-hydrogen) atoms. The average Bonchev–Trinajstić information content (AvgIpc) is 2.96. The minimum absolute atomic E-state index is 0.703. The minimum atomic E-state index is 0.703. The number of hydrogen-bond donors (Lipinski definition) is 1. The van der Waals surface area contributed by atoms with Crippen LogP contribution in [-0.4, -0.2) is 51.2 Å². The largest absolute Gasteiger partial charge is 0.355 e. The first-order valence-electron chi connectivity index (χ1n) is 7.36. The van der Waals surface area contributed by atoms with Crippen LogP contribution in [0.2, 0.25) is 0 Å². The lowest BCUT2D eigenvalue weighted by Gasteiger charge is -2.31. The van der Waals surface area contributed by atoms with Crippen molar-refractivity contribution < 1.29 is 0 Å². The van der Waals surface area contributed by atoms with E-state index in [1.54, 1.807) is 10.7 Å². The second-order valence-electron chi connectivity index (χ2n) is 5.35. The summed E-state index contributed by atoms with van der Waals surface area (Å²) in [4.78, 5) is 6.63. The molecule has 2 aromatic rings. The molecule has 3 rings (SSSR count). The molecule has 0 aromatic carbocycles. The first kappa shape index (κ1) is 13.2. The molecule has 1 aliphatic rings. The van der Waals surface area contributed by atoms with Crippen molar-refractivity contribution in [3.63, 3.8) is 0 Å². The van der Waals surface area contributed by atoms with Crippen molar-refractivity contribution in [2.24, 2.45) is 5.92 Å². The average molecular weight is 275 g/mol. The van der Waals surface area contributed by atoms with Gasteiger partial charge in [0.05, 0.1) is 12.4 Å². The van der Waals surface area contributed by atoms with E-state index in [1.165, 1.54) is 12.8 Å². The van der Waals surface area contributed by atoms with Gasteiger partial charge in [-0.15, -0.1) is 5.10 Å². The second kappa shape index (κ2) is 6.13. The molecule has 0 aliphatic carbocycles. The van der Waals surface area contributed by atoms with E-state index in [-0.39, 0.29) is 0 Å². The van der Waals surface area contributed by atoms with Gasteiger partial charge in [0.25, 0.3) is 0 Å². The molecule has 2 aromatic heterocycles. The van der Waals surface area contributed by atoms with Crippen molar-refractivity contribution in [3.05, 3.63) is 12.4 Å². The van der Waals surface area contributed by atoms with E-state index in [9.17, 15) is 0 Å². The number of hydrogen-bond acceptors (Lipinski definition) is 6. The van der Waals surface area contributed by atoms with Crippen LogP contribution in [0, 0.1) is 5.92 Å². The molecular formula is C13H21N7. The maximum atomic E-state index is 4.26. The molecule has 7 nitrogen and oxygen atoms in total. The van der Waals surface area contributed by atoms with Gasteiger partial charge >= 0.3 is 0 Å². The topological polar surface area (TPSA) is 71.2 Å². The van der Waals surface area contributed by atoms with Crippen molar-refractivity contribution in [2.75, 3.05) is 31.1 Å². The summed E-state index contributed by atoms with van der Waals surface area (Å²) < 4.78 is 1.78. The lowest BCUT2D eigenvalue weighted by Crippen LogP contribution is -2.37. The van der Waals surface area contributed by atoms with Gasteiger partial charge in [-0.25, -0.2) is 0 Å². The monoisotopic (exact) mass is 275 g/mol. The minimum Gasteiger partial charge on any atom is -0.355 e. The summed E-state index contributed by atoms with van der Waals surface area (Å²) in [5, 5.41) is 15.2. The molecule has 7 heteroatoms. The fourth-order valence-corrected chi connectivity index (χ4v) is 2.82. The van der Waals surface area contributed by atoms with Crippen LogP contribution < -0.4 is 10.2 Å². The van der Waals surface area contributed by atoms with Crippen LogP contribution in [-0.2, 0) is 0 Å². The maximum Gasteiger partial charge on any atom is 0.199 e. The van der Waals surface area contributed by atoms with Gasteiger partial charge in [0.2, 0.25) is 0 Å². The van der Waals surface area contributed by atoms with Crippen molar-refractivity contribution in [2.45, 2.75) is 26.2 Å². The van der Waals surface area contributed by atoms with Crippen LogP contribution in [0.3, 0.4) is 0 Å². The van der Waals surface area contributed by atoms with Gasteiger partial charge in [-0.05, 0) is 48.7 Å². The number of fused-ring (bicyclic) bond motifs is 1. The highest BCUT2D eigenvalue weighted by atomic mass is 15.5. The highest BCUT2D eigenvalue weighted by Gasteiger charge is 2.19. The van der Waals surface area contributed by atoms with Gasteiger partial charge in [0.1, 0.15) is 0 Å². The number of piperidine rings is 1. The van der Waals surface area contributed by atoms with Crippen LogP contribution in [0.25, 0.3) is 5.65 Å². The lowest BCUT2D eigenvalue weighted by atomic mass is 9.97. The highest BCUT2D eigenvalue weighted by molar-refractivity contribution is 5.45. The SMILES string of the molecule is CCCN(CC1CCNCC1)c1cncc2nnnn12.